The van der Waals surface area contributed by atoms with Gasteiger partial charge in [-0.25, -0.2) is 0 Å². The van der Waals surface area contributed by atoms with Crippen LogP contribution in [0.15, 0.2) is 42.7 Å². The van der Waals surface area contributed by atoms with E-state index in [0.29, 0.717) is 36.0 Å². The van der Waals surface area contributed by atoms with E-state index in [-0.39, 0.29) is 5.91 Å². The van der Waals surface area contributed by atoms with Crippen LogP contribution in [0.3, 0.4) is 0 Å². The number of aromatic nitrogens is 1. The lowest BCUT2D eigenvalue weighted by Crippen LogP contribution is -2.13. The zero-order valence-electron chi connectivity index (χ0n) is 12.1. The van der Waals surface area contributed by atoms with Gasteiger partial charge in [-0.1, -0.05) is 0 Å². The van der Waals surface area contributed by atoms with E-state index >= 15 is 0 Å². The molecule has 0 saturated heterocycles. The van der Waals surface area contributed by atoms with Gasteiger partial charge < -0.3 is 14.8 Å². The molecule has 2 aromatic rings. The zero-order valence-corrected chi connectivity index (χ0v) is 12.1. The number of carbonyl (C=O) groups is 1. The van der Waals surface area contributed by atoms with Gasteiger partial charge in [0.2, 0.25) is 0 Å². The molecular weight excluding hydrogens is 268 g/mol. The van der Waals surface area contributed by atoms with Crippen molar-refractivity contribution in [2.45, 2.75) is 13.8 Å². The van der Waals surface area contributed by atoms with E-state index in [4.69, 9.17) is 9.47 Å². The minimum absolute atomic E-state index is 0.238. The van der Waals surface area contributed by atoms with E-state index in [1.165, 1.54) is 6.20 Å². The van der Waals surface area contributed by atoms with Crippen molar-refractivity contribution in [3.05, 3.63) is 48.3 Å². The van der Waals surface area contributed by atoms with E-state index in [0.717, 1.165) is 0 Å². The molecule has 0 aliphatic carbocycles. The molecule has 5 nitrogen and oxygen atoms in total. The van der Waals surface area contributed by atoms with E-state index in [9.17, 15) is 4.79 Å². The predicted octanol–water partition coefficient (Wildman–Crippen LogP) is 3.13. The Hall–Kier alpha value is -2.56. The topological polar surface area (TPSA) is 60.5 Å². The maximum absolute atomic E-state index is 12.2. The summed E-state index contributed by atoms with van der Waals surface area (Å²) >= 11 is 0. The van der Waals surface area contributed by atoms with Crippen LogP contribution in [-0.2, 0) is 0 Å². The van der Waals surface area contributed by atoms with Crippen molar-refractivity contribution in [2.24, 2.45) is 0 Å². The molecule has 0 saturated carbocycles. The normalized spacial score (nSPS) is 10.0. The van der Waals surface area contributed by atoms with Crippen LogP contribution in [0.25, 0.3) is 0 Å². The lowest BCUT2D eigenvalue weighted by Gasteiger charge is -2.13. The average Bonchev–Trinajstić information content (AvgIpc) is 2.51. The van der Waals surface area contributed by atoms with Gasteiger partial charge in [0.15, 0.2) is 0 Å². The number of ether oxygens (including phenoxy) is 2. The van der Waals surface area contributed by atoms with Gasteiger partial charge in [-0.15, -0.1) is 0 Å². The molecule has 0 atom stereocenters. The van der Waals surface area contributed by atoms with Crippen LogP contribution in [0.4, 0.5) is 5.69 Å². The molecule has 0 fully saturated rings. The third-order valence-electron chi connectivity index (χ3n) is 2.73. The van der Waals surface area contributed by atoms with Crippen LogP contribution in [-0.4, -0.2) is 24.1 Å². The average molecular weight is 286 g/mol. The van der Waals surface area contributed by atoms with Crippen LogP contribution in [0.2, 0.25) is 0 Å². The second-order valence-corrected chi connectivity index (χ2v) is 4.22. The van der Waals surface area contributed by atoms with Gasteiger partial charge in [0.1, 0.15) is 11.5 Å². The van der Waals surface area contributed by atoms with Crippen molar-refractivity contribution in [1.29, 1.82) is 0 Å². The monoisotopic (exact) mass is 286 g/mol. The third-order valence-corrected chi connectivity index (χ3v) is 2.73. The van der Waals surface area contributed by atoms with Gasteiger partial charge in [-0.2, -0.15) is 0 Å². The summed E-state index contributed by atoms with van der Waals surface area (Å²) in [5.41, 5.74) is 1.07. The number of hydrogen-bond acceptors (Lipinski definition) is 4. The highest BCUT2D eigenvalue weighted by Crippen LogP contribution is 2.29. The standard InChI is InChI=1S/C16H18N2O3/c1-3-20-13-7-8-15(21-4-2)14(10-13)18-16(19)12-6-5-9-17-11-12/h5-11H,3-4H2,1-2H3,(H,18,19). The Balaban J connectivity index is 2.23. The Bertz CT molecular complexity index is 600. The molecule has 2 rings (SSSR count). The molecule has 0 aliphatic rings. The van der Waals surface area contributed by atoms with Gasteiger partial charge >= 0.3 is 0 Å². The summed E-state index contributed by atoms with van der Waals surface area (Å²) in [4.78, 5) is 16.1. The lowest BCUT2D eigenvalue weighted by molar-refractivity contribution is 0.102. The fraction of sp³-hybridized carbons (Fsp3) is 0.250. The van der Waals surface area contributed by atoms with Crippen molar-refractivity contribution < 1.29 is 14.3 Å². The third kappa shape index (κ3) is 3.95. The van der Waals surface area contributed by atoms with Crippen molar-refractivity contribution in [3.63, 3.8) is 0 Å². The highest BCUT2D eigenvalue weighted by molar-refractivity contribution is 6.04. The predicted molar refractivity (Wildman–Crippen MR) is 81.0 cm³/mol. The number of carbonyl (C=O) groups excluding carboxylic acids is 1. The summed E-state index contributed by atoms with van der Waals surface area (Å²) in [6, 6.07) is 8.77. The number of nitrogens with zero attached hydrogens (tertiary/aromatic N) is 1. The zero-order chi connectivity index (χ0) is 15.1. The minimum Gasteiger partial charge on any atom is -0.494 e. The van der Waals surface area contributed by atoms with Crippen LogP contribution in [0.5, 0.6) is 11.5 Å². The summed E-state index contributed by atoms with van der Waals surface area (Å²) in [7, 11) is 0. The number of anilines is 1. The van der Waals surface area contributed by atoms with E-state index in [2.05, 4.69) is 10.3 Å². The summed E-state index contributed by atoms with van der Waals surface area (Å²) in [6.07, 6.45) is 3.14. The molecule has 0 unspecified atom stereocenters. The molecule has 0 radical (unpaired) electrons. The quantitative estimate of drug-likeness (QED) is 0.886. The lowest BCUT2D eigenvalue weighted by atomic mass is 10.2. The Kier molecular flexibility index (Phi) is 5.15. The van der Waals surface area contributed by atoms with Crippen LogP contribution in [0, 0.1) is 0 Å². The van der Waals surface area contributed by atoms with Gasteiger partial charge in [-0.3, -0.25) is 9.78 Å². The first-order valence-electron chi connectivity index (χ1n) is 6.85. The maximum Gasteiger partial charge on any atom is 0.257 e. The van der Waals surface area contributed by atoms with Crippen molar-refractivity contribution in [3.8, 4) is 11.5 Å². The Morgan fingerprint density at radius 2 is 2.00 bits per heavy atom. The first kappa shape index (κ1) is 14.8. The van der Waals surface area contributed by atoms with Crippen molar-refractivity contribution >= 4 is 11.6 Å². The van der Waals surface area contributed by atoms with Gasteiger partial charge in [0, 0.05) is 18.5 Å². The molecule has 0 aliphatic heterocycles. The number of amides is 1. The number of benzene rings is 1. The molecule has 0 bridgehead atoms. The van der Waals surface area contributed by atoms with Crippen LogP contribution >= 0.6 is 0 Å². The molecule has 1 aromatic heterocycles. The fourth-order valence-corrected chi connectivity index (χ4v) is 1.84. The van der Waals surface area contributed by atoms with Crippen molar-refractivity contribution in [1.82, 2.24) is 4.98 Å². The SMILES string of the molecule is CCOc1ccc(OCC)c(NC(=O)c2cccnc2)c1. The number of pyridine rings is 1. The second kappa shape index (κ2) is 7.28. The highest BCUT2D eigenvalue weighted by atomic mass is 16.5. The molecule has 110 valence electrons. The van der Waals surface area contributed by atoms with Crippen LogP contribution < -0.4 is 14.8 Å². The second-order valence-electron chi connectivity index (χ2n) is 4.22. The summed E-state index contributed by atoms with van der Waals surface area (Å²) < 4.78 is 11.0. The van der Waals surface area contributed by atoms with Crippen molar-refractivity contribution in [2.75, 3.05) is 18.5 Å². The fourth-order valence-electron chi connectivity index (χ4n) is 1.84. The van der Waals surface area contributed by atoms with E-state index < -0.39 is 0 Å². The molecule has 1 amide bonds. The first-order chi connectivity index (χ1) is 10.2. The number of hydrogen-bond donors (Lipinski definition) is 1. The summed E-state index contributed by atoms with van der Waals surface area (Å²) in [5.74, 6) is 1.05. The molecule has 0 spiro atoms. The molecule has 1 N–H and O–H groups in total. The van der Waals surface area contributed by atoms with E-state index in [1.807, 2.05) is 19.9 Å². The molecule has 1 aromatic carbocycles. The van der Waals surface area contributed by atoms with Gasteiger partial charge in [-0.05, 0) is 38.1 Å². The van der Waals surface area contributed by atoms with E-state index in [1.54, 1.807) is 30.5 Å². The minimum atomic E-state index is -0.238. The summed E-state index contributed by atoms with van der Waals surface area (Å²) in [6.45, 7) is 4.88. The largest absolute Gasteiger partial charge is 0.494 e. The Morgan fingerprint density at radius 3 is 2.67 bits per heavy atom. The van der Waals surface area contributed by atoms with Gasteiger partial charge in [0.05, 0.1) is 24.5 Å². The van der Waals surface area contributed by atoms with Crippen LogP contribution in [0.1, 0.15) is 24.2 Å². The smallest absolute Gasteiger partial charge is 0.257 e. The molecule has 5 heteroatoms. The number of nitrogens with one attached hydrogen (secondary N) is 1. The number of rotatable bonds is 6. The first-order valence-corrected chi connectivity index (χ1v) is 6.85. The maximum atomic E-state index is 12.2. The molecule has 1 heterocycles. The molecular formula is C16H18N2O3. The van der Waals surface area contributed by atoms with Gasteiger partial charge in [0.25, 0.3) is 5.91 Å². The summed E-state index contributed by atoms with van der Waals surface area (Å²) in [5, 5.41) is 2.83. The molecule has 21 heavy (non-hydrogen) atoms. The Labute approximate surface area is 123 Å². The highest BCUT2D eigenvalue weighted by Gasteiger charge is 2.11. The Morgan fingerprint density at radius 1 is 1.19 bits per heavy atom.